The Morgan fingerprint density at radius 1 is 1.29 bits per heavy atom. The quantitative estimate of drug-likeness (QED) is 0.847. The molecule has 5 nitrogen and oxygen atoms in total. The number of nitrogens with zero attached hydrogens (tertiary/aromatic N) is 4. The van der Waals surface area contributed by atoms with Gasteiger partial charge in [0.1, 0.15) is 0 Å². The second kappa shape index (κ2) is 6.38. The predicted octanol–water partition coefficient (Wildman–Crippen LogP) is 3.29. The van der Waals surface area contributed by atoms with E-state index in [4.69, 9.17) is 0 Å². The normalized spacial score (nSPS) is 16.7. The van der Waals surface area contributed by atoms with Gasteiger partial charge in [-0.25, -0.2) is 0 Å². The lowest BCUT2D eigenvalue weighted by Gasteiger charge is -2.31. The first-order chi connectivity index (χ1) is 11.4. The number of carbonyl (C=O) groups is 1. The Balaban J connectivity index is 1.90. The van der Waals surface area contributed by atoms with Crippen LogP contribution in [0.15, 0.2) is 24.4 Å². The van der Waals surface area contributed by atoms with Gasteiger partial charge in [0.15, 0.2) is 0 Å². The smallest absolute Gasteiger partial charge is 0.230 e. The summed E-state index contributed by atoms with van der Waals surface area (Å²) in [6.07, 6.45) is 3.96. The van der Waals surface area contributed by atoms with Gasteiger partial charge in [-0.1, -0.05) is 6.07 Å². The number of pyridine rings is 1. The molecule has 1 amide bonds. The first-order valence-corrected chi connectivity index (χ1v) is 8.65. The van der Waals surface area contributed by atoms with Gasteiger partial charge in [0.25, 0.3) is 0 Å². The maximum Gasteiger partial charge on any atom is 0.230 e. The van der Waals surface area contributed by atoms with Gasteiger partial charge in [0.05, 0.1) is 23.3 Å². The van der Waals surface area contributed by atoms with Crippen LogP contribution in [0.5, 0.6) is 0 Å². The number of amides is 1. The number of hydrogen-bond donors (Lipinski definition) is 0. The van der Waals surface area contributed by atoms with Gasteiger partial charge in [-0.15, -0.1) is 0 Å². The third-order valence-electron chi connectivity index (χ3n) is 5.10. The Bertz CT molecular complexity index is 733. The second-order valence-electron chi connectivity index (χ2n) is 6.84. The summed E-state index contributed by atoms with van der Waals surface area (Å²) in [5, 5.41) is 4.47. The van der Waals surface area contributed by atoms with E-state index in [-0.39, 0.29) is 17.9 Å². The SMILES string of the molecule is Cc1nn(C)c(C)c1[C@@H](C)C(=O)N(C1CC1)[C@@H](C)c1ccccn1. The molecule has 0 aromatic carbocycles. The largest absolute Gasteiger partial charge is 0.331 e. The molecule has 2 heterocycles. The van der Waals surface area contributed by atoms with Crippen molar-refractivity contribution >= 4 is 5.91 Å². The van der Waals surface area contributed by atoms with Crippen LogP contribution in [0.25, 0.3) is 0 Å². The zero-order chi connectivity index (χ0) is 17.4. The van der Waals surface area contributed by atoms with E-state index < -0.39 is 0 Å². The monoisotopic (exact) mass is 326 g/mol. The van der Waals surface area contributed by atoms with Crippen molar-refractivity contribution < 1.29 is 4.79 Å². The van der Waals surface area contributed by atoms with Gasteiger partial charge in [-0.3, -0.25) is 14.5 Å². The zero-order valence-electron chi connectivity index (χ0n) is 15.2. The van der Waals surface area contributed by atoms with Gasteiger partial charge in [-0.05, 0) is 52.7 Å². The van der Waals surface area contributed by atoms with Crippen molar-refractivity contribution in [2.75, 3.05) is 0 Å². The van der Waals surface area contributed by atoms with Crippen molar-refractivity contribution in [1.82, 2.24) is 19.7 Å². The Kier molecular flexibility index (Phi) is 4.43. The number of hydrogen-bond acceptors (Lipinski definition) is 3. The third kappa shape index (κ3) is 2.95. The molecule has 0 saturated heterocycles. The molecule has 0 radical (unpaired) electrons. The van der Waals surface area contributed by atoms with Crippen molar-refractivity contribution in [3.05, 3.63) is 47.0 Å². The molecule has 0 N–H and O–H groups in total. The van der Waals surface area contributed by atoms with E-state index in [1.165, 1.54) is 0 Å². The van der Waals surface area contributed by atoms with Crippen LogP contribution in [-0.4, -0.2) is 31.6 Å². The molecule has 0 aliphatic heterocycles. The molecular formula is C19H26N4O. The van der Waals surface area contributed by atoms with Crippen molar-refractivity contribution in [3.8, 4) is 0 Å². The first-order valence-electron chi connectivity index (χ1n) is 8.65. The summed E-state index contributed by atoms with van der Waals surface area (Å²) in [7, 11) is 1.93. The fraction of sp³-hybridized carbons (Fsp3) is 0.526. The molecule has 2 aromatic heterocycles. The van der Waals surface area contributed by atoms with Gasteiger partial charge < -0.3 is 4.90 Å². The summed E-state index contributed by atoms with van der Waals surface area (Å²) in [6.45, 7) is 8.09. The zero-order valence-corrected chi connectivity index (χ0v) is 15.2. The minimum absolute atomic E-state index is 0.00839. The average Bonchev–Trinajstić information content (AvgIpc) is 3.36. The molecule has 0 spiro atoms. The van der Waals surface area contributed by atoms with Crippen molar-refractivity contribution in [2.24, 2.45) is 7.05 Å². The highest BCUT2D eigenvalue weighted by Gasteiger charge is 2.39. The highest BCUT2D eigenvalue weighted by Crippen LogP contribution is 2.37. The Hall–Kier alpha value is -2.17. The van der Waals surface area contributed by atoms with E-state index in [1.807, 2.05) is 55.6 Å². The van der Waals surface area contributed by atoms with Crippen molar-refractivity contribution in [3.63, 3.8) is 0 Å². The highest BCUT2D eigenvalue weighted by atomic mass is 16.2. The van der Waals surface area contributed by atoms with Gasteiger partial charge in [0.2, 0.25) is 5.91 Å². The minimum Gasteiger partial charge on any atom is -0.331 e. The number of aryl methyl sites for hydroxylation is 2. The molecule has 0 unspecified atom stereocenters. The second-order valence-corrected chi connectivity index (χ2v) is 6.84. The molecule has 5 heteroatoms. The lowest BCUT2D eigenvalue weighted by molar-refractivity contribution is -0.135. The molecule has 3 rings (SSSR count). The van der Waals surface area contributed by atoms with Crippen LogP contribution in [0.3, 0.4) is 0 Å². The van der Waals surface area contributed by atoms with Crippen molar-refractivity contribution in [2.45, 2.75) is 58.5 Å². The van der Waals surface area contributed by atoms with Crippen LogP contribution >= 0.6 is 0 Å². The average molecular weight is 326 g/mol. The molecule has 24 heavy (non-hydrogen) atoms. The third-order valence-corrected chi connectivity index (χ3v) is 5.10. The predicted molar refractivity (Wildman–Crippen MR) is 93.6 cm³/mol. The molecule has 1 aliphatic carbocycles. The molecule has 128 valence electrons. The summed E-state index contributed by atoms with van der Waals surface area (Å²) in [5.41, 5.74) is 4.01. The molecule has 1 saturated carbocycles. The summed E-state index contributed by atoms with van der Waals surface area (Å²) < 4.78 is 1.86. The van der Waals surface area contributed by atoms with Crippen LogP contribution in [0.2, 0.25) is 0 Å². The maximum absolute atomic E-state index is 13.3. The van der Waals surface area contributed by atoms with Crippen molar-refractivity contribution in [1.29, 1.82) is 0 Å². The van der Waals surface area contributed by atoms with E-state index in [0.29, 0.717) is 6.04 Å². The Morgan fingerprint density at radius 2 is 2.00 bits per heavy atom. The lowest BCUT2D eigenvalue weighted by Crippen LogP contribution is -2.38. The molecule has 2 aromatic rings. The molecule has 1 aliphatic rings. The van der Waals surface area contributed by atoms with Crippen LogP contribution < -0.4 is 0 Å². The van der Waals surface area contributed by atoms with Crippen LogP contribution in [-0.2, 0) is 11.8 Å². The van der Waals surface area contributed by atoms with E-state index in [9.17, 15) is 4.79 Å². The van der Waals surface area contributed by atoms with Gasteiger partial charge >= 0.3 is 0 Å². The minimum atomic E-state index is -0.189. The molecule has 0 bridgehead atoms. The van der Waals surface area contributed by atoms with Gasteiger partial charge in [0, 0.05) is 30.5 Å². The summed E-state index contributed by atoms with van der Waals surface area (Å²) in [5.74, 6) is -0.0136. The fourth-order valence-electron chi connectivity index (χ4n) is 3.57. The molecule has 2 atom stereocenters. The van der Waals surface area contributed by atoms with Gasteiger partial charge in [-0.2, -0.15) is 5.10 Å². The standard InChI is InChI=1S/C19H26N4O/c1-12(18-13(2)21-22(5)15(18)4)19(24)23(16-9-10-16)14(3)17-8-6-7-11-20-17/h6-8,11-12,14,16H,9-10H2,1-5H3/t12-,14+/m1/s1. The summed E-state index contributed by atoms with van der Waals surface area (Å²) in [4.78, 5) is 19.8. The van der Waals surface area contributed by atoms with Crippen LogP contribution in [0.4, 0.5) is 0 Å². The Labute approximate surface area is 143 Å². The van der Waals surface area contributed by atoms with Crippen LogP contribution in [0, 0.1) is 13.8 Å². The summed E-state index contributed by atoms with van der Waals surface area (Å²) >= 11 is 0. The van der Waals surface area contributed by atoms with E-state index >= 15 is 0 Å². The fourth-order valence-corrected chi connectivity index (χ4v) is 3.57. The lowest BCUT2D eigenvalue weighted by atomic mass is 9.96. The van der Waals surface area contributed by atoms with E-state index in [0.717, 1.165) is 35.5 Å². The number of carbonyl (C=O) groups excluding carboxylic acids is 1. The molecule has 1 fully saturated rings. The van der Waals surface area contributed by atoms with Crippen LogP contribution in [0.1, 0.15) is 61.3 Å². The maximum atomic E-state index is 13.3. The van der Waals surface area contributed by atoms with E-state index in [2.05, 4.69) is 17.0 Å². The first kappa shape index (κ1) is 16.7. The van der Waals surface area contributed by atoms with E-state index in [1.54, 1.807) is 6.20 Å². The Morgan fingerprint density at radius 3 is 2.50 bits per heavy atom. The topological polar surface area (TPSA) is 51.0 Å². The molecular weight excluding hydrogens is 300 g/mol. The summed E-state index contributed by atoms with van der Waals surface area (Å²) in [6, 6.07) is 6.22. The number of rotatable bonds is 5. The highest BCUT2D eigenvalue weighted by molar-refractivity contribution is 5.84. The number of aromatic nitrogens is 3.